The highest BCUT2D eigenvalue weighted by Crippen LogP contribution is 2.31. The average Bonchev–Trinajstić information content (AvgIpc) is 2.40. The molecule has 18 heavy (non-hydrogen) atoms. The highest BCUT2D eigenvalue weighted by Gasteiger charge is 2.28. The third-order valence-electron chi connectivity index (χ3n) is 3.77. The second-order valence-electron chi connectivity index (χ2n) is 5.08. The van der Waals surface area contributed by atoms with Gasteiger partial charge in [-0.05, 0) is 50.7 Å². The van der Waals surface area contributed by atoms with Crippen LogP contribution in [0.25, 0.3) is 0 Å². The minimum absolute atomic E-state index is 0.0770. The molecular weight excluding hydrogens is 228 g/mol. The van der Waals surface area contributed by atoms with E-state index < -0.39 is 0 Å². The van der Waals surface area contributed by atoms with Gasteiger partial charge in [0, 0.05) is 24.0 Å². The highest BCUT2D eigenvalue weighted by molar-refractivity contribution is 5.92. The molecule has 1 unspecified atom stereocenters. The first-order valence-electron chi connectivity index (χ1n) is 6.56. The Morgan fingerprint density at radius 3 is 2.50 bits per heavy atom. The Balaban J connectivity index is 1.85. The zero-order valence-electron chi connectivity index (χ0n) is 10.7. The van der Waals surface area contributed by atoms with E-state index in [1.165, 1.54) is 0 Å². The molecule has 0 saturated heterocycles. The number of nitrogens with one attached hydrogen (secondary N) is 1. The molecule has 1 aliphatic rings. The molecule has 0 aliphatic heterocycles. The standard InChI is InChI=1S/C14H20N2O2/c1-10(17)11-2-4-12(5-3-11)14(18)16-13-6-8-15-9-7-13/h6-12,17H,2-5H2,1H3,(H,15,16,18). The number of aliphatic hydroxyl groups is 1. The van der Waals surface area contributed by atoms with Crippen molar-refractivity contribution in [2.45, 2.75) is 38.7 Å². The number of rotatable bonds is 3. The molecule has 0 spiro atoms. The molecule has 1 fully saturated rings. The van der Waals surface area contributed by atoms with Crippen LogP contribution in [0.5, 0.6) is 0 Å². The SMILES string of the molecule is CC(O)C1CCC(C(=O)Nc2ccncc2)CC1. The van der Waals surface area contributed by atoms with Gasteiger partial charge in [-0.15, -0.1) is 0 Å². The number of aromatic nitrogens is 1. The van der Waals surface area contributed by atoms with Crippen LogP contribution in [0.1, 0.15) is 32.6 Å². The van der Waals surface area contributed by atoms with Gasteiger partial charge in [0.2, 0.25) is 5.91 Å². The zero-order valence-corrected chi connectivity index (χ0v) is 10.7. The van der Waals surface area contributed by atoms with Gasteiger partial charge in [0.05, 0.1) is 6.10 Å². The van der Waals surface area contributed by atoms with Gasteiger partial charge in [-0.25, -0.2) is 0 Å². The number of hydrogen-bond acceptors (Lipinski definition) is 3. The van der Waals surface area contributed by atoms with E-state index in [1.54, 1.807) is 24.5 Å². The normalized spacial score (nSPS) is 25.4. The van der Waals surface area contributed by atoms with Crippen LogP contribution in [0.15, 0.2) is 24.5 Å². The summed E-state index contributed by atoms with van der Waals surface area (Å²) in [5, 5.41) is 12.4. The van der Waals surface area contributed by atoms with Crippen molar-refractivity contribution in [1.29, 1.82) is 0 Å². The Morgan fingerprint density at radius 2 is 1.94 bits per heavy atom. The summed E-state index contributed by atoms with van der Waals surface area (Å²) in [5.41, 5.74) is 0.799. The predicted molar refractivity (Wildman–Crippen MR) is 70.0 cm³/mol. The number of carbonyl (C=O) groups excluding carboxylic acids is 1. The van der Waals surface area contributed by atoms with Crippen molar-refractivity contribution in [1.82, 2.24) is 4.98 Å². The van der Waals surface area contributed by atoms with Gasteiger partial charge in [0.15, 0.2) is 0 Å². The Hall–Kier alpha value is -1.42. The van der Waals surface area contributed by atoms with Crippen molar-refractivity contribution in [2.24, 2.45) is 11.8 Å². The maximum atomic E-state index is 12.1. The smallest absolute Gasteiger partial charge is 0.227 e. The number of pyridine rings is 1. The lowest BCUT2D eigenvalue weighted by Crippen LogP contribution is -2.30. The fraction of sp³-hybridized carbons (Fsp3) is 0.571. The summed E-state index contributed by atoms with van der Waals surface area (Å²) in [6, 6.07) is 3.58. The minimum atomic E-state index is -0.255. The second kappa shape index (κ2) is 5.96. The van der Waals surface area contributed by atoms with E-state index in [4.69, 9.17) is 0 Å². The third kappa shape index (κ3) is 3.29. The summed E-state index contributed by atoms with van der Waals surface area (Å²) in [7, 11) is 0. The molecule has 1 amide bonds. The molecule has 2 rings (SSSR count). The van der Waals surface area contributed by atoms with E-state index in [0.29, 0.717) is 5.92 Å². The number of nitrogens with zero attached hydrogens (tertiary/aromatic N) is 1. The molecule has 4 nitrogen and oxygen atoms in total. The summed E-state index contributed by atoms with van der Waals surface area (Å²) in [4.78, 5) is 16.0. The van der Waals surface area contributed by atoms with E-state index in [-0.39, 0.29) is 17.9 Å². The fourth-order valence-corrected chi connectivity index (χ4v) is 2.54. The van der Waals surface area contributed by atoms with Crippen molar-refractivity contribution >= 4 is 11.6 Å². The molecule has 1 saturated carbocycles. The predicted octanol–water partition coefficient (Wildman–Crippen LogP) is 2.21. The van der Waals surface area contributed by atoms with Gasteiger partial charge in [0.1, 0.15) is 0 Å². The Kier molecular flexibility index (Phi) is 4.31. The van der Waals surface area contributed by atoms with Crippen LogP contribution in [0, 0.1) is 11.8 Å². The van der Waals surface area contributed by atoms with E-state index in [9.17, 15) is 9.90 Å². The van der Waals surface area contributed by atoms with E-state index in [0.717, 1.165) is 31.4 Å². The molecule has 1 atom stereocenters. The average molecular weight is 248 g/mol. The number of anilines is 1. The molecule has 1 heterocycles. The maximum Gasteiger partial charge on any atom is 0.227 e. The Labute approximate surface area is 107 Å². The summed E-state index contributed by atoms with van der Waals surface area (Å²) < 4.78 is 0. The van der Waals surface area contributed by atoms with Crippen LogP contribution in [-0.4, -0.2) is 22.1 Å². The first-order valence-corrected chi connectivity index (χ1v) is 6.56. The first-order chi connectivity index (χ1) is 8.66. The molecule has 0 radical (unpaired) electrons. The zero-order chi connectivity index (χ0) is 13.0. The van der Waals surface area contributed by atoms with Gasteiger partial charge in [-0.3, -0.25) is 9.78 Å². The minimum Gasteiger partial charge on any atom is -0.393 e. The van der Waals surface area contributed by atoms with Gasteiger partial charge >= 0.3 is 0 Å². The lowest BCUT2D eigenvalue weighted by Gasteiger charge is -2.29. The van der Waals surface area contributed by atoms with Gasteiger partial charge < -0.3 is 10.4 Å². The summed E-state index contributed by atoms with van der Waals surface area (Å²) >= 11 is 0. The molecule has 1 aromatic rings. The van der Waals surface area contributed by atoms with E-state index in [1.807, 2.05) is 6.92 Å². The summed E-state index contributed by atoms with van der Waals surface area (Å²) in [6.07, 6.45) is 6.69. The Morgan fingerprint density at radius 1 is 1.33 bits per heavy atom. The van der Waals surface area contributed by atoms with Crippen molar-refractivity contribution < 1.29 is 9.90 Å². The van der Waals surface area contributed by atoms with Gasteiger partial charge in [-0.2, -0.15) is 0 Å². The van der Waals surface area contributed by atoms with Crippen molar-refractivity contribution in [3.8, 4) is 0 Å². The van der Waals surface area contributed by atoms with Gasteiger partial charge in [0.25, 0.3) is 0 Å². The van der Waals surface area contributed by atoms with Crippen LogP contribution >= 0.6 is 0 Å². The molecular formula is C14H20N2O2. The lowest BCUT2D eigenvalue weighted by atomic mass is 9.79. The number of aliphatic hydroxyl groups excluding tert-OH is 1. The van der Waals surface area contributed by atoms with Gasteiger partial charge in [-0.1, -0.05) is 0 Å². The summed E-state index contributed by atoms with van der Waals surface area (Å²) in [5.74, 6) is 0.522. The quantitative estimate of drug-likeness (QED) is 0.862. The van der Waals surface area contributed by atoms with Crippen molar-refractivity contribution in [3.63, 3.8) is 0 Å². The van der Waals surface area contributed by atoms with Crippen LogP contribution in [-0.2, 0) is 4.79 Å². The number of amides is 1. The molecule has 98 valence electrons. The first kappa shape index (κ1) is 13.0. The monoisotopic (exact) mass is 248 g/mol. The van der Waals surface area contributed by atoms with E-state index >= 15 is 0 Å². The van der Waals surface area contributed by atoms with Crippen LogP contribution in [0.3, 0.4) is 0 Å². The number of hydrogen-bond donors (Lipinski definition) is 2. The molecule has 4 heteroatoms. The molecule has 1 aromatic heterocycles. The second-order valence-corrected chi connectivity index (χ2v) is 5.08. The lowest BCUT2D eigenvalue weighted by molar-refractivity contribution is -0.121. The van der Waals surface area contributed by atoms with E-state index in [2.05, 4.69) is 10.3 Å². The highest BCUT2D eigenvalue weighted by atomic mass is 16.3. The Bertz CT molecular complexity index is 384. The largest absolute Gasteiger partial charge is 0.393 e. The third-order valence-corrected chi connectivity index (χ3v) is 3.77. The molecule has 2 N–H and O–H groups in total. The molecule has 0 aromatic carbocycles. The molecule has 1 aliphatic carbocycles. The van der Waals surface area contributed by atoms with Crippen LogP contribution < -0.4 is 5.32 Å². The van der Waals surface area contributed by atoms with Crippen LogP contribution in [0.4, 0.5) is 5.69 Å². The van der Waals surface area contributed by atoms with Crippen LogP contribution in [0.2, 0.25) is 0 Å². The molecule has 0 bridgehead atoms. The summed E-state index contributed by atoms with van der Waals surface area (Å²) in [6.45, 7) is 1.84. The maximum absolute atomic E-state index is 12.1. The number of carbonyl (C=O) groups is 1. The topological polar surface area (TPSA) is 62.2 Å². The van der Waals surface area contributed by atoms with Crippen molar-refractivity contribution in [3.05, 3.63) is 24.5 Å². The fourth-order valence-electron chi connectivity index (χ4n) is 2.54. The van der Waals surface area contributed by atoms with Crippen molar-refractivity contribution in [2.75, 3.05) is 5.32 Å².